The van der Waals surface area contributed by atoms with Crippen molar-refractivity contribution in [1.29, 1.82) is 0 Å². The summed E-state index contributed by atoms with van der Waals surface area (Å²) in [5, 5.41) is 0. The highest BCUT2D eigenvalue weighted by molar-refractivity contribution is 7.80. The number of hydrogen-bond acceptors (Lipinski definition) is 2. The fourth-order valence-electron chi connectivity index (χ4n) is 1.64. The quantitative estimate of drug-likeness (QED) is 0.377. The van der Waals surface area contributed by atoms with E-state index in [1.54, 1.807) is 0 Å². The van der Waals surface area contributed by atoms with Crippen LogP contribution in [-0.2, 0) is 4.74 Å². The maximum atomic E-state index is 5.64. The average molecular weight is 200 g/mol. The van der Waals surface area contributed by atoms with E-state index in [0.717, 1.165) is 31.8 Å². The molecule has 0 atom stereocenters. The molecule has 1 saturated carbocycles. The van der Waals surface area contributed by atoms with Crippen LogP contribution in [0.2, 0.25) is 0 Å². The first kappa shape index (κ1) is 11.1. The van der Waals surface area contributed by atoms with Gasteiger partial charge in [-0.15, -0.1) is 6.58 Å². The van der Waals surface area contributed by atoms with Gasteiger partial charge in [-0.25, -0.2) is 0 Å². The Kier molecular flexibility index (Phi) is 4.89. The van der Waals surface area contributed by atoms with Crippen molar-refractivity contribution in [2.45, 2.75) is 32.1 Å². The van der Waals surface area contributed by atoms with Gasteiger partial charge in [0.15, 0.2) is 0 Å². The maximum Gasteiger partial charge on any atom is 0.0530 e. The van der Waals surface area contributed by atoms with Crippen LogP contribution >= 0.6 is 12.6 Å². The molecule has 0 amide bonds. The number of rotatable bonds is 7. The molecule has 76 valence electrons. The SMILES string of the molecule is C=CCCCOCC1(CS)CCC1. The lowest BCUT2D eigenvalue weighted by atomic mass is 9.71. The predicted octanol–water partition coefficient (Wildman–Crippen LogP) is 3.07. The first-order valence-corrected chi connectivity index (χ1v) is 5.76. The molecule has 0 N–H and O–H groups in total. The van der Waals surface area contributed by atoms with Crippen LogP contribution in [0.15, 0.2) is 12.7 Å². The fraction of sp³-hybridized carbons (Fsp3) is 0.818. The van der Waals surface area contributed by atoms with Gasteiger partial charge in [0.25, 0.3) is 0 Å². The molecule has 0 heterocycles. The molecule has 0 bridgehead atoms. The highest BCUT2D eigenvalue weighted by Crippen LogP contribution is 2.41. The van der Waals surface area contributed by atoms with Crippen molar-refractivity contribution in [2.75, 3.05) is 19.0 Å². The van der Waals surface area contributed by atoms with Crippen molar-refractivity contribution in [1.82, 2.24) is 0 Å². The Hall–Kier alpha value is 0.0500. The molecule has 1 nitrogen and oxygen atoms in total. The molecule has 0 saturated heterocycles. The second kappa shape index (κ2) is 5.71. The van der Waals surface area contributed by atoms with E-state index in [4.69, 9.17) is 4.74 Å². The van der Waals surface area contributed by atoms with Crippen LogP contribution in [0.5, 0.6) is 0 Å². The van der Waals surface area contributed by atoms with Gasteiger partial charge in [0, 0.05) is 12.0 Å². The zero-order chi connectivity index (χ0) is 9.57. The maximum absolute atomic E-state index is 5.64. The predicted molar refractivity (Wildman–Crippen MR) is 60.4 cm³/mol. The smallest absolute Gasteiger partial charge is 0.0530 e. The first-order chi connectivity index (χ1) is 6.33. The summed E-state index contributed by atoms with van der Waals surface area (Å²) in [6, 6.07) is 0. The first-order valence-electron chi connectivity index (χ1n) is 5.12. The molecule has 0 spiro atoms. The van der Waals surface area contributed by atoms with Crippen LogP contribution in [0, 0.1) is 5.41 Å². The van der Waals surface area contributed by atoms with Gasteiger partial charge >= 0.3 is 0 Å². The van der Waals surface area contributed by atoms with Crippen molar-refractivity contribution in [3.63, 3.8) is 0 Å². The number of allylic oxidation sites excluding steroid dienone is 1. The van der Waals surface area contributed by atoms with E-state index in [2.05, 4.69) is 19.2 Å². The highest BCUT2D eigenvalue weighted by atomic mass is 32.1. The van der Waals surface area contributed by atoms with Crippen LogP contribution in [0.1, 0.15) is 32.1 Å². The van der Waals surface area contributed by atoms with Gasteiger partial charge in [0.1, 0.15) is 0 Å². The third-order valence-corrected chi connectivity index (χ3v) is 3.53. The van der Waals surface area contributed by atoms with E-state index in [1.165, 1.54) is 19.3 Å². The molecule has 0 aliphatic heterocycles. The second-order valence-electron chi connectivity index (χ2n) is 4.00. The van der Waals surface area contributed by atoms with Gasteiger partial charge in [0.05, 0.1) is 6.61 Å². The number of unbranched alkanes of at least 4 members (excludes halogenated alkanes) is 1. The van der Waals surface area contributed by atoms with Crippen LogP contribution in [-0.4, -0.2) is 19.0 Å². The number of thiol groups is 1. The summed E-state index contributed by atoms with van der Waals surface area (Å²) in [6.45, 7) is 5.47. The molecule has 2 heteroatoms. The standard InChI is InChI=1S/C11H20OS/c1-2-3-4-8-12-9-11(10-13)6-5-7-11/h2,13H,1,3-10H2. The molecule has 0 unspecified atom stereocenters. The van der Waals surface area contributed by atoms with Crippen LogP contribution < -0.4 is 0 Å². The Labute approximate surface area is 87.0 Å². The minimum absolute atomic E-state index is 0.428. The lowest BCUT2D eigenvalue weighted by Crippen LogP contribution is -2.36. The molecular formula is C11H20OS. The average Bonchev–Trinajstić information content (AvgIpc) is 2.09. The summed E-state index contributed by atoms with van der Waals surface area (Å²) in [5.74, 6) is 0.981. The molecule has 0 radical (unpaired) electrons. The van der Waals surface area contributed by atoms with Crippen molar-refractivity contribution in [2.24, 2.45) is 5.41 Å². The molecule has 0 aromatic rings. The summed E-state index contributed by atoms with van der Waals surface area (Å²) < 4.78 is 5.64. The zero-order valence-electron chi connectivity index (χ0n) is 8.30. The monoisotopic (exact) mass is 200 g/mol. The summed E-state index contributed by atoms with van der Waals surface area (Å²) in [6.07, 6.45) is 8.08. The van der Waals surface area contributed by atoms with E-state index < -0.39 is 0 Å². The minimum atomic E-state index is 0.428. The van der Waals surface area contributed by atoms with Crippen LogP contribution in [0.25, 0.3) is 0 Å². The summed E-state index contributed by atoms with van der Waals surface area (Å²) in [7, 11) is 0. The van der Waals surface area contributed by atoms with Gasteiger partial charge in [-0.3, -0.25) is 0 Å². The van der Waals surface area contributed by atoms with Crippen LogP contribution in [0.3, 0.4) is 0 Å². The molecule has 13 heavy (non-hydrogen) atoms. The Morgan fingerprint density at radius 2 is 2.23 bits per heavy atom. The summed E-state index contributed by atoms with van der Waals surface area (Å²) in [4.78, 5) is 0. The topological polar surface area (TPSA) is 9.23 Å². The molecule has 1 aliphatic rings. The van der Waals surface area contributed by atoms with E-state index in [-0.39, 0.29) is 0 Å². The van der Waals surface area contributed by atoms with Crippen LogP contribution in [0.4, 0.5) is 0 Å². The van der Waals surface area contributed by atoms with Gasteiger partial charge in [0.2, 0.25) is 0 Å². The Morgan fingerprint density at radius 3 is 2.69 bits per heavy atom. The molecular weight excluding hydrogens is 180 g/mol. The molecule has 1 rings (SSSR count). The van der Waals surface area contributed by atoms with Gasteiger partial charge < -0.3 is 4.74 Å². The van der Waals surface area contributed by atoms with Gasteiger partial charge in [-0.2, -0.15) is 12.6 Å². The van der Waals surface area contributed by atoms with Gasteiger partial charge in [-0.05, 0) is 31.4 Å². The minimum Gasteiger partial charge on any atom is -0.381 e. The lowest BCUT2D eigenvalue weighted by molar-refractivity contribution is 0.00981. The van der Waals surface area contributed by atoms with Crippen molar-refractivity contribution >= 4 is 12.6 Å². The van der Waals surface area contributed by atoms with Crippen molar-refractivity contribution in [3.05, 3.63) is 12.7 Å². The largest absolute Gasteiger partial charge is 0.381 e. The Bertz CT molecular complexity index is 147. The van der Waals surface area contributed by atoms with Crippen molar-refractivity contribution < 1.29 is 4.74 Å². The number of ether oxygens (including phenoxy) is 1. The lowest BCUT2D eigenvalue weighted by Gasteiger charge is -2.40. The van der Waals surface area contributed by atoms with Gasteiger partial charge in [-0.1, -0.05) is 12.5 Å². The summed E-state index contributed by atoms with van der Waals surface area (Å²) >= 11 is 4.38. The molecule has 0 aromatic carbocycles. The van der Waals surface area contributed by atoms with E-state index in [0.29, 0.717) is 5.41 Å². The Morgan fingerprint density at radius 1 is 1.46 bits per heavy atom. The fourth-order valence-corrected chi connectivity index (χ4v) is 2.05. The van der Waals surface area contributed by atoms with Crippen molar-refractivity contribution in [3.8, 4) is 0 Å². The van der Waals surface area contributed by atoms with E-state index in [9.17, 15) is 0 Å². The normalized spacial score (nSPS) is 19.5. The van der Waals surface area contributed by atoms with E-state index >= 15 is 0 Å². The third-order valence-electron chi connectivity index (χ3n) is 2.85. The highest BCUT2D eigenvalue weighted by Gasteiger charge is 2.35. The Balaban J connectivity index is 2.00. The molecule has 1 aliphatic carbocycles. The second-order valence-corrected chi connectivity index (χ2v) is 4.31. The summed E-state index contributed by atoms with van der Waals surface area (Å²) in [5.41, 5.74) is 0.428. The third kappa shape index (κ3) is 3.35. The zero-order valence-corrected chi connectivity index (χ0v) is 9.19. The molecule has 0 aromatic heterocycles. The van der Waals surface area contributed by atoms with E-state index in [1.807, 2.05) is 6.08 Å². The number of hydrogen-bond donors (Lipinski definition) is 1. The molecule has 1 fully saturated rings.